The van der Waals surface area contributed by atoms with Crippen LogP contribution in [0.3, 0.4) is 0 Å². The maximum Gasteiger partial charge on any atom is 0.272 e. The zero-order chi connectivity index (χ0) is 16.7. The number of carbonyl (C=O) groups is 2. The van der Waals surface area contributed by atoms with Gasteiger partial charge in [-0.05, 0) is 31.5 Å². The van der Waals surface area contributed by atoms with Gasteiger partial charge in [0.2, 0.25) is 0 Å². The molecule has 6 heteroatoms. The number of fused-ring (bicyclic) bond motifs is 1. The predicted octanol–water partition coefficient (Wildman–Crippen LogP) is 3.26. The van der Waals surface area contributed by atoms with E-state index in [1.165, 1.54) is 6.07 Å². The van der Waals surface area contributed by atoms with Gasteiger partial charge in [-0.15, -0.1) is 0 Å². The molecule has 0 aliphatic carbocycles. The third kappa shape index (κ3) is 2.19. The maximum atomic E-state index is 12.5. The van der Waals surface area contributed by atoms with Gasteiger partial charge in [-0.3, -0.25) is 24.6 Å². The van der Waals surface area contributed by atoms with E-state index in [4.69, 9.17) is 0 Å². The van der Waals surface area contributed by atoms with Crippen molar-refractivity contribution in [2.24, 2.45) is 0 Å². The maximum absolute atomic E-state index is 12.5. The molecule has 0 radical (unpaired) electrons. The van der Waals surface area contributed by atoms with Crippen LogP contribution in [0.15, 0.2) is 42.5 Å². The molecule has 0 saturated carbocycles. The number of hydrogen-bond acceptors (Lipinski definition) is 4. The van der Waals surface area contributed by atoms with Crippen LogP contribution in [0, 0.1) is 17.0 Å². The van der Waals surface area contributed by atoms with Crippen molar-refractivity contribution < 1.29 is 14.5 Å². The average Bonchev–Trinajstić information content (AvgIpc) is 2.79. The van der Waals surface area contributed by atoms with Crippen molar-refractivity contribution >= 4 is 17.5 Å². The minimum absolute atomic E-state index is 0.0223. The molecule has 1 aliphatic heterocycles. The van der Waals surface area contributed by atoms with Crippen LogP contribution in [0.2, 0.25) is 0 Å². The first-order valence-electron chi connectivity index (χ1n) is 7.14. The molecule has 0 saturated heterocycles. The van der Waals surface area contributed by atoms with E-state index in [0.29, 0.717) is 22.3 Å². The third-order valence-corrected chi connectivity index (χ3v) is 4.21. The topological polar surface area (TPSA) is 80.5 Å². The minimum Gasteiger partial charge on any atom is -0.269 e. The summed E-state index contributed by atoms with van der Waals surface area (Å²) in [7, 11) is 0. The Balaban J connectivity index is 2.05. The first kappa shape index (κ1) is 14.9. The van der Waals surface area contributed by atoms with E-state index >= 15 is 0 Å². The Morgan fingerprint density at radius 2 is 1.57 bits per heavy atom. The molecule has 1 aliphatic rings. The highest BCUT2D eigenvalue weighted by atomic mass is 16.6. The van der Waals surface area contributed by atoms with E-state index in [1.54, 1.807) is 50.2 Å². The van der Waals surface area contributed by atoms with Crippen LogP contribution in [-0.4, -0.2) is 21.6 Å². The summed E-state index contributed by atoms with van der Waals surface area (Å²) in [5.41, 5.74) is 1.76. The van der Waals surface area contributed by atoms with Crippen molar-refractivity contribution in [3.63, 3.8) is 0 Å². The standard InChI is InChI=1S/C17H14N2O4/c1-10-12(8-5-9-15(10)19(22)23)11(2)18-16(20)13-6-3-4-7-14(13)17(18)21/h3-9,11H,1-2H3. The lowest BCUT2D eigenvalue weighted by atomic mass is 10.00. The summed E-state index contributed by atoms with van der Waals surface area (Å²) in [6, 6.07) is 10.7. The Morgan fingerprint density at radius 3 is 2.09 bits per heavy atom. The number of nitro groups is 1. The fourth-order valence-electron chi connectivity index (χ4n) is 2.99. The van der Waals surface area contributed by atoms with Gasteiger partial charge in [-0.2, -0.15) is 0 Å². The van der Waals surface area contributed by atoms with E-state index in [2.05, 4.69) is 0 Å². The van der Waals surface area contributed by atoms with Gasteiger partial charge in [0.25, 0.3) is 17.5 Å². The number of nitrogens with zero attached hydrogens (tertiary/aromatic N) is 2. The molecule has 116 valence electrons. The van der Waals surface area contributed by atoms with Gasteiger partial charge in [0, 0.05) is 11.6 Å². The van der Waals surface area contributed by atoms with Crippen LogP contribution >= 0.6 is 0 Å². The average molecular weight is 310 g/mol. The number of hydrogen-bond donors (Lipinski definition) is 0. The fraction of sp³-hybridized carbons (Fsp3) is 0.176. The lowest BCUT2D eigenvalue weighted by molar-refractivity contribution is -0.385. The number of rotatable bonds is 3. The molecular formula is C17H14N2O4. The number of imide groups is 1. The zero-order valence-electron chi connectivity index (χ0n) is 12.6. The third-order valence-electron chi connectivity index (χ3n) is 4.21. The van der Waals surface area contributed by atoms with Crippen molar-refractivity contribution in [3.05, 3.63) is 74.8 Å². The molecular weight excluding hydrogens is 296 g/mol. The minimum atomic E-state index is -0.581. The number of nitro benzene ring substituents is 1. The zero-order valence-corrected chi connectivity index (χ0v) is 12.6. The van der Waals surface area contributed by atoms with Crippen molar-refractivity contribution in [2.45, 2.75) is 19.9 Å². The Bertz CT molecular complexity index is 809. The largest absolute Gasteiger partial charge is 0.272 e. The molecule has 2 aromatic carbocycles. The van der Waals surface area contributed by atoms with Crippen molar-refractivity contribution in [1.29, 1.82) is 0 Å². The van der Waals surface area contributed by atoms with Gasteiger partial charge >= 0.3 is 0 Å². The molecule has 1 unspecified atom stereocenters. The highest BCUT2D eigenvalue weighted by Crippen LogP contribution is 2.34. The quantitative estimate of drug-likeness (QED) is 0.495. The van der Waals surface area contributed by atoms with Crippen LogP contribution in [0.25, 0.3) is 0 Å². The summed E-state index contributed by atoms with van der Waals surface area (Å²) < 4.78 is 0. The van der Waals surface area contributed by atoms with E-state index in [0.717, 1.165) is 4.90 Å². The van der Waals surface area contributed by atoms with E-state index < -0.39 is 11.0 Å². The Hall–Kier alpha value is -3.02. The summed E-state index contributed by atoms with van der Waals surface area (Å²) >= 11 is 0. The Kier molecular flexibility index (Phi) is 3.44. The summed E-state index contributed by atoms with van der Waals surface area (Å²) in [5, 5.41) is 11.1. The molecule has 0 bridgehead atoms. The fourth-order valence-corrected chi connectivity index (χ4v) is 2.99. The summed E-state index contributed by atoms with van der Waals surface area (Å²) in [4.78, 5) is 36.8. The van der Waals surface area contributed by atoms with Gasteiger partial charge in [0.1, 0.15) is 0 Å². The summed E-state index contributed by atoms with van der Waals surface area (Å²) in [6.45, 7) is 3.33. The molecule has 0 spiro atoms. The highest BCUT2D eigenvalue weighted by molar-refractivity contribution is 6.21. The second-order valence-electron chi connectivity index (χ2n) is 5.45. The van der Waals surface area contributed by atoms with Crippen LogP contribution in [0.4, 0.5) is 5.69 Å². The highest BCUT2D eigenvalue weighted by Gasteiger charge is 2.39. The first-order chi connectivity index (χ1) is 10.9. The summed E-state index contributed by atoms with van der Waals surface area (Å²) in [5.74, 6) is -0.743. The van der Waals surface area contributed by atoms with Gasteiger partial charge in [-0.25, -0.2) is 0 Å². The molecule has 1 atom stereocenters. The molecule has 0 fully saturated rings. The summed E-state index contributed by atoms with van der Waals surface area (Å²) in [6.07, 6.45) is 0. The van der Waals surface area contributed by atoms with Crippen molar-refractivity contribution in [1.82, 2.24) is 4.90 Å². The Morgan fingerprint density at radius 1 is 1.00 bits per heavy atom. The lowest BCUT2D eigenvalue weighted by Gasteiger charge is -2.24. The van der Waals surface area contributed by atoms with E-state index in [9.17, 15) is 19.7 Å². The van der Waals surface area contributed by atoms with Gasteiger partial charge in [0.05, 0.1) is 22.1 Å². The number of benzene rings is 2. The van der Waals surface area contributed by atoms with Crippen LogP contribution < -0.4 is 0 Å². The molecule has 23 heavy (non-hydrogen) atoms. The number of carbonyl (C=O) groups excluding carboxylic acids is 2. The van der Waals surface area contributed by atoms with Crippen LogP contribution in [0.1, 0.15) is 44.8 Å². The number of amides is 2. The molecule has 0 N–H and O–H groups in total. The van der Waals surface area contributed by atoms with Crippen molar-refractivity contribution in [3.8, 4) is 0 Å². The molecule has 3 rings (SSSR count). The molecule has 1 heterocycles. The van der Waals surface area contributed by atoms with E-state index in [-0.39, 0.29) is 17.5 Å². The van der Waals surface area contributed by atoms with Crippen molar-refractivity contribution in [2.75, 3.05) is 0 Å². The Labute approximate surface area is 132 Å². The van der Waals surface area contributed by atoms with Crippen LogP contribution in [0.5, 0.6) is 0 Å². The normalized spacial score (nSPS) is 14.8. The predicted molar refractivity (Wildman–Crippen MR) is 83.2 cm³/mol. The van der Waals surface area contributed by atoms with E-state index in [1.807, 2.05) is 0 Å². The lowest BCUT2D eigenvalue weighted by Crippen LogP contribution is -2.33. The second-order valence-corrected chi connectivity index (χ2v) is 5.45. The smallest absolute Gasteiger partial charge is 0.269 e. The molecule has 2 aromatic rings. The SMILES string of the molecule is Cc1c(C(C)N2C(=O)c3ccccc3C2=O)cccc1[N+](=O)[O-]. The van der Waals surface area contributed by atoms with Gasteiger partial charge in [0.15, 0.2) is 0 Å². The molecule has 0 aromatic heterocycles. The first-order valence-corrected chi connectivity index (χ1v) is 7.14. The second kappa shape index (κ2) is 5.31. The molecule has 2 amide bonds. The molecule has 6 nitrogen and oxygen atoms in total. The van der Waals surface area contributed by atoms with Gasteiger partial charge in [-0.1, -0.05) is 24.3 Å². The van der Waals surface area contributed by atoms with Crippen LogP contribution in [-0.2, 0) is 0 Å². The monoisotopic (exact) mass is 310 g/mol. The van der Waals surface area contributed by atoms with Gasteiger partial charge < -0.3 is 0 Å².